The molecule has 0 fully saturated rings. The van der Waals surface area contributed by atoms with Crippen LogP contribution < -0.4 is 26.1 Å². The summed E-state index contributed by atoms with van der Waals surface area (Å²) in [5.41, 5.74) is 8.94. The van der Waals surface area contributed by atoms with Gasteiger partial charge in [-0.15, -0.1) is 0 Å². The van der Waals surface area contributed by atoms with Gasteiger partial charge in [-0.1, -0.05) is 42.5 Å². The van der Waals surface area contributed by atoms with Crippen molar-refractivity contribution in [1.82, 2.24) is 39.3 Å². The third kappa shape index (κ3) is 6.24. The number of aromatic nitrogens is 8. The fourth-order valence-electron chi connectivity index (χ4n) is 5.61. The number of nitrogens with one attached hydrogen (secondary N) is 1. The maximum absolute atomic E-state index is 13.3. The van der Waals surface area contributed by atoms with E-state index in [1.54, 1.807) is 33.8 Å². The minimum Gasteiger partial charge on any atom is -0.294 e. The fraction of sp³-hybridized carbons (Fsp3) is 0.139. The second kappa shape index (κ2) is 13.2. The summed E-state index contributed by atoms with van der Waals surface area (Å²) in [6.07, 6.45) is 16.2. The van der Waals surface area contributed by atoms with Crippen LogP contribution in [-0.2, 0) is 19.8 Å². The zero-order chi connectivity index (χ0) is 33.0. The van der Waals surface area contributed by atoms with Crippen molar-refractivity contribution in [3.8, 4) is 11.1 Å². The summed E-state index contributed by atoms with van der Waals surface area (Å²) >= 11 is 0. The molecule has 0 aliphatic rings. The van der Waals surface area contributed by atoms with E-state index >= 15 is 0 Å². The molecule has 0 saturated heterocycles. The van der Waals surface area contributed by atoms with Gasteiger partial charge in [0.2, 0.25) is 6.67 Å². The van der Waals surface area contributed by atoms with Crippen LogP contribution in [0.1, 0.15) is 18.1 Å². The second-order valence-electron chi connectivity index (χ2n) is 11.3. The van der Waals surface area contributed by atoms with Crippen molar-refractivity contribution in [1.29, 1.82) is 0 Å². The monoisotopic (exact) mass is 637 g/mol. The van der Waals surface area contributed by atoms with E-state index < -0.39 is 0 Å². The standard InChI is InChI=1S/C36H32N10O2/c1-3-16-46(37-2)30-12-8-27(9-13-30)20-43-23-39-33-22-42(17-14-31(33)35(43)47)25-45-21-29(18-41-45)28-10-6-26(7-11-28)19-44-24-40-34-32(36(44)48)5-4-15-38-34/h3-18,21-24H,19-20,25H2,1-2H3/p+1. The first-order chi connectivity index (χ1) is 23.5. The van der Waals surface area contributed by atoms with Gasteiger partial charge in [0.25, 0.3) is 11.1 Å². The first-order valence-electron chi connectivity index (χ1n) is 15.5. The Morgan fingerprint density at radius 3 is 2.27 bits per heavy atom. The van der Waals surface area contributed by atoms with Gasteiger partial charge < -0.3 is 0 Å². The zero-order valence-electron chi connectivity index (χ0n) is 26.5. The number of hydrogen-bond acceptors (Lipinski definition) is 8. The molecule has 0 saturated carbocycles. The van der Waals surface area contributed by atoms with Crippen LogP contribution in [-0.4, -0.2) is 40.9 Å². The van der Waals surface area contributed by atoms with Gasteiger partial charge in [-0.05, 0) is 47.9 Å². The normalized spacial score (nSPS) is 11.5. The molecule has 0 aliphatic carbocycles. The van der Waals surface area contributed by atoms with E-state index in [-0.39, 0.29) is 11.1 Å². The van der Waals surface area contributed by atoms with Crippen molar-refractivity contribution in [3.63, 3.8) is 0 Å². The lowest BCUT2D eigenvalue weighted by atomic mass is 10.1. The van der Waals surface area contributed by atoms with Gasteiger partial charge in [-0.2, -0.15) is 9.67 Å². The Morgan fingerprint density at radius 1 is 0.833 bits per heavy atom. The lowest BCUT2D eigenvalue weighted by molar-refractivity contribution is -0.701. The Labute approximate surface area is 275 Å². The van der Waals surface area contributed by atoms with E-state index in [1.165, 1.54) is 6.33 Å². The molecule has 0 amide bonds. The minimum atomic E-state index is -0.117. The molecular formula is C36H33N10O2+. The highest BCUT2D eigenvalue weighted by Crippen LogP contribution is 2.20. The molecule has 12 heteroatoms. The van der Waals surface area contributed by atoms with Crippen LogP contribution >= 0.6 is 0 Å². The van der Waals surface area contributed by atoms with Gasteiger partial charge in [-0.3, -0.25) is 23.7 Å². The van der Waals surface area contributed by atoms with Gasteiger partial charge in [0.05, 0.1) is 42.1 Å². The number of allylic oxidation sites excluding steroid dienone is 1. The highest BCUT2D eigenvalue weighted by atomic mass is 16.1. The van der Waals surface area contributed by atoms with Crippen LogP contribution in [0.25, 0.3) is 33.1 Å². The summed E-state index contributed by atoms with van der Waals surface area (Å²) in [4.78, 5) is 39.2. The molecule has 12 nitrogen and oxygen atoms in total. The summed E-state index contributed by atoms with van der Waals surface area (Å²) in [6, 6.07) is 21.4. The van der Waals surface area contributed by atoms with Crippen molar-refractivity contribution in [2.45, 2.75) is 26.7 Å². The van der Waals surface area contributed by atoms with Crippen molar-refractivity contribution in [2.75, 3.05) is 12.1 Å². The molecule has 0 atom stereocenters. The van der Waals surface area contributed by atoms with E-state index in [0.717, 1.165) is 27.9 Å². The summed E-state index contributed by atoms with van der Waals surface area (Å²) in [6.45, 7) is 3.25. The lowest BCUT2D eigenvalue weighted by Gasteiger charge is -2.19. The zero-order valence-corrected chi connectivity index (χ0v) is 26.5. The Hall–Kier alpha value is -6.27. The van der Waals surface area contributed by atoms with E-state index in [4.69, 9.17) is 0 Å². The third-order valence-electron chi connectivity index (χ3n) is 8.11. The average Bonchev–Trinajstić information content (AvgIpc) is 3.59. The highest BCUT2D eigenvalue weighted by molar-refractivity contribution is 5.75. The van der Waals surface area contributed by atoms with Crippen LogP contribution in [0.5, 0.6) is 0 Å². The third-order valence-corrected chi connectivity index (χ3v) is 8.11. The molecule has 0 unspecified atom stereocenters. The highest BCUT2D eigenvalue weighted by Gasteiger charge is 2.12. The number of benzene rings is 2. The summed E-state index contributed by atoms with van der Waals surface area (Å²) in [5.74, 6) is 0. The SMILES string of the molecule is CC=CN(NC)c1ccc(Cn2cnc3c[n+](Cn4cc(-c5ccc(Cn6cnc7ncccc7c6=O)cc5)cn4)ccc3c2=O)cc1. The van der Waals surface area contributed by atoms with E-state index in [9.17, 15) is 9.59 Å². The number of anilines is 1. The molecule has 0 spiro atoms. The molecule has 0 radical (unpaired) electrons. The van der Waals surface area contributed by atoms with E-state index in [1.807, 2.05) is 120 Å². The Balaban J connectivity index is 1.02. The number of fused-ring (bicyclic) bond motifs is 2. The maximum Gasteiger partial charge on any atom is 0.263 e. The summed E-state index contributed by atoms with van der Waals surface area (Å²) in [5, 5.41) is 7.52. The van der Waals surface area contributed by atoms with Gasteiger partial charge in [0, 0.05) is 37.3 Å². The molecule has 1 N–H and O–H groups in total. The largest absolute Gasteiger partial charge is 0.294 e. The number of pyridine rings is 2. The average molecular weight is 638 g/mol. The number of rotatable bonds is 10. The van der Waals surface area contributed by atoms with Crippen LogP contribution in [0.3, 0.4) is 0 Å². The van der Waals surface area contributed by atoms with Crippen LogP contribution in [0.4, 0.5) is 5.69 Å². The van der Waals surface area contributed by atoms with E-state index in [0.29, 0.717) is 41.7 Å². The maximum atomic E-state index is 13.3. The second-order valence-corrected chi connectivity index (χ2v) is 11.3. The Kier molecular flexibility index (Phi) is 8.37. The van der Waals surface area contributed by atoms with Crippen LogP contribution in [0.2, 0.25) is 0 Å². The molecule has 7 rings (SSSR count). The Morgan fingerprint density at radius 2 is 1.54 bits per heavy atom. The minimum absolute atomic E-state index is 0.0921. The van der Waals surface area contributed by atoms with E-state index in [2.05, 4.69) is 25.5 Å². The molecule has 238 valence electrons. The van der Waals surface area contributed by atoms with Crippen LogP contribution in [0, 0.1) is 0 Å². The van der Waals surface area contributed by atoms with Crippen molar-refractivity contribution in [3.05, 3.63) is 154 Å². The number of hydrogen-bond donors (Lipinski definition) is 1. The summed E-state index contributed by atoms with van der Waals surface area (Å²) in [7, 11) is 1.86. The molecule has 0 bridgehead atoms. The van der Waals surface area contributed by atoms with Gasteiger partial charge in [-0.25, -0.2) is 25.1 Å². The smallest absolute Gasteiger partial charge is 0.263 e. The van der Waals surface area contributed by atoms with Crippen LogP contribution in [0.15, 0.2) is 132 Å². The molecule has 5 aromatic heterocycles. The van der Waals surface area contributed by atoms with Crippen molar-refractivity contribution >= 4 is 27.6 Å². The number of hydrazine groups is 1. The summed E-state index contributed by atoms with van der Waals surface area (Å²) < 4.78 is 6.99. The van der Waals surface area contributed by atoms with Gasteiger partial charge in [0.1, 0.15) is 11.8 Å². The molecule has 2 aromatic carbocycles. The molecule has 7 aromatic rings. The van der Waals surface area contributed by atoms with Crippen molar-refractivity contribution < 1.29 is 4.57 Å². The molecular weight excluding hydrogens is 604 g/mol. The lowest BCUT2D eigenvalue weighted by Crippen LogP contribution is -2.37. The molecule has 5 heterocycles. The predicted molar refractivity (Wildman–Crippen MR) is 184 cm³/mol. The van der Waals surface area contributed by atoms with Gasteiger partial charge in [0.15, 0.2) is 18.0 Å². The number of nitrogens with zero attached hydrogens (tertiary/aromatic N) is 9. The molecule has 48 heavy (non-hydrogen) atoms. The fourth-order valence-corrected chi connectivity index (χ4v) is 5.61. The first-order valence-corrected chi connectivity index (χ1v) is 15.5. The Bertz CT molecular complexity index is 2370. The molecule has 0 aliphatic heterocycles. The predicted octanol–water partition coefficient (Wildman–Crippen LogP) is 3.73. The van der Waals surface area contributed by atoms with Gasteiger partial charge >= 0.3 is 0 Å². The quantitative estimate of drug-likeness (QED) is 0.178. The van der Waals surface area contributed by atoms with Crippen molar-refractivity contribution in [2.24, 2.45) is 0 Å². The topological polar surface area (TPSA) is 120 Å². The first kappa shape index (κ1) is 30.4.